The van der Waals surface area contributed by atoms with Crippen LogP contribution in [0, 0.1) is 24.3 Å². The molecule has 0 N–H and O–H groups in total. The Balaban J connectivity index is 0.000000153. The Labute approximate surface area is 563 Å². The van der Waals surface area contributed by atoms with Gasteiger partial charge in [0, 0.05) is 65.4 Å². The van der Waals surface area contributed by atoms with E-state index in [1.54, 1.807) is 0 Å². The summed E-state index contributed by atoms with van der Waals surface area (Å²) in [6, 6.07) is 128. The van der Waals surface area contributed by atoms with Crippen molar-refractivity contribution in [3.05, 3.63) is 340 Å². The third-order valence-electron chi connectivity index (χ3n) is 17.2. The standard InChI is InChI=1S/C46H28.C40H24.2Y/c1-2-14-31(15-3-1)36-29-33-17-5-7-22-38(33)44(30-36)34-19-12-20-35(28-34)45-40-23-8-10-25-42(40)46(43-26-11-9-24-41(43)45)39-27-13-18-32-16-4-6-21-37(32)39;1-2-12-27(13-3-1)32-25-30-16-6-7-17-33(30)38(26-32)40-36-20-10-8-18-34(36)39(35-19-9-11-21-37(35)40)31-23-22-28-14-4-5-15-29(28)24-31;;/h1-14,16-28,30H;1-12,14-25H;;/q2*-2;;. The summed E-state index contributed by atoms with van der Waals surface area (Å²) in [5.74, 6) is 0. The molecular formula is C86H52Y2-4. The quantitative estimate of drug-likeness (QED) is 0.110. The van der Waals surface area contributed by atoms with Gasteiger partial charge in [0.25, 0.3) is 0 Å². The normalized spacial score (nSPS) is 11.2. The maximum atomic E-state index is 3.86. The van der Waals surface area contributed by atoms with Crippen LogP contribution in [-0.2, 0) is 65.4 Å². The number of benzene rings is 17. The van der Waals surface area contributed by atoms with Crippen molar-refractivity contribution < 1.29 is 65.4 Å². The molecule has 0 aliphatic heterocycles. The molecule has 0 atom stereocenters. The summed E-state index contributed by atoms with van der Waals surface area (Å²) in [4.78, 5) is 0. The molecule has 0 heterocycles. The molecule has 0 saturated heterocycles. The molecule has 406 valence electrons. The predicted molar refractivity (Wildman–Crippen MR) is 366 cm³/mol. The van der Waals surface area contributed by atoms with Crippen molar-refractivity contribution >= 4 is 86.2 Å². The summed E-state index contributed by atoms with van der Waals surface area (Å²) >= 11 is 0. The van der Waals surface area contributed by atoms with Crippen molar-refractivity contribution in [2.24, 2.45) is 0 Å². The second-order valence-corrected chi connectivity index (χ2v) is 22.2. The van der Waals surface area contributed by atoms with Crippen LogP contribution in [0.5, 0.6) is 0 Å². The molecule has 17 rings (SSSR count). The van der Waals surface area contributed by atoms with Gasteiger partial charge in [0.05, 0.1) is 0 Å². The largest absolute Gasteiger partial charge is 0.209 e. The zero-order chi connectivity index (χ0) is 56.9. The van der Waals surface area contributed by atoms with E-state index in [1.807, 2.05) is 24.3 Å². The smallest absolute Gasteiger partial charge is 0 e. The van der Waals surface area contributed by atoms with Gasteiger partial charge in [-0.15, -0.1) is 29.1 Å². The van der Waals surface area contributed by atoms with Crippen LogP contribution in [0.15, 0.2) is 315 Å². The molecule has 0 unspecified atom stereocenters. The Bertz CT molecular complexity index is 5350. The maximum absolute atomic E-state index is 3.86. The summed E-state index contributed by atoms with van der Waals surface area (Å²) in [5, 5.41) is 19.8. The van der Waals surface area contributed by atoms with Crippen molar-refractivity contribution in [1.29, 1.82) is 0 Å². The fourth-order valence-electron chi connectivity index (χ4n) is 13.4. The topological polar surface area (TPSA) is 0 Å². The van der Waals surface area contributed by atoms with Gasteiger partial charge in [0.1, 0.15) is 0 Å². The number of hydrogen-bond donors (Lipinski definition) is 0. The zero-order valence-corrected chi connectivity index (χ0v) is 53.9. The molecule has 17 aromatic rings. The van der Waals surface area contributed by atoms with Crippen molar-refractivity contribution in [3.8, 4) is 77.9 Å². The summed E-state index contributed by atoms with van der Waals surface area (Å²) < 4.78 is 0. The van der Waals surface area contributed by atoms with Crippen molar-refractivity contribution in [2.45, 2.75) is 0 Å². The molecule has 2 radical (unpaired) electrons. The van der Waals surface area contributed by atoms with E-state index < -0.39 is 0 Å². The van der Waals surface area contributed by atoms with Crippen LogP contribution in [0.3, 0.4) is 0 Å². The molecule has 2 heteroatoms. The van der Waals surface area contributed by atoms with Crippen molar-refractivity contribution in [2.75, 3.05) is 0 Å². The predicted octanol–water partition coefficient (Wildman–Crippen LogP) is 23.5. The van der Waals surface area contributed by atoms with Crippen LogP contribution in [0.1, 0.15) is 0 Å². The molecule has 0 saturated carbocycles. The molecular weight excluding hydrogens is 1210 g/mol. The molecule has 0 aliphatic carbocycles. The van der Waals surface area contributed by atoms with Crippen LogP contribution < -0.4 is 0 Å². The van der Waals surface area contributed by atoms with E-state index in [0.29, 0.717) is 0 Å². The minimum atomic E-state index is 0. The molecule has 17 aromatic carbocycles. The van der Waals surface area contributed by atoms with Crippen LogP contribution in [-0.4, -0.2) is 0 Å². The van der Waals surface area contributed by atoms with Gasteiger partial charge in [-0.1, -0.05) is 264 Å². The van der Waals surface area contributed by atoms with Gasteiger partial charge >= 0.3 is 0 Å². The Hall–Kier alpha value is -8.97. The van der Waals surface area contributed by atoms with E-state index in [9.17, 15) is 0 Å². The van der Waals surface area contributed by atoms with E-state index in [4.69, 9.17) is 0 Å². The van der Waals surface area contributed by atoms with E-state index in [2.05, 4.69) is 315 Å². The SMILES string of the molecule is [Y].[Y].[c-]1ccccc1-c1[c-]c(-c2c3ccccc3c(-c3ccc4ccccc4c3)c3ccccc23)c2ccccc2c1.[c-]1ccccc1-c1[c-]c2ccccc2c(-c2cccc(-c3c4ccccc4c(-c4cccc5ccccc45)c4ccccc34)c2)c1. The van der Waals surface area contributed by atoms with Gasteiger partial charge in [-0.25, -0.2) is 11.1 Å². The van der Waals surface area contributed by atoms with Crippen LogP contribution in [0.2, 0.25) is 0 Å². The summed E-state index contributed by atoms with van der Waals surface area (Å²) in [6.07, 6.45) is 0. The second kappa shape index (κ2) is 24.7. The molecule has 0 bridgehead atoms. The van der Waals surface area contributed by atoms with Gasteiger partial charge < -0.3 is 0 Å². The second-order valence-electron chi connectivity index (χ2n) is 22.2. The van der Waals surface area contributed by atoms with E-state index in [1.165, 1.54) is 131 Å². The minimum Gasteiger partial charge on any atom is -0.209 e. The Morgan fingerprint density at radius 2 is 0.636 bits per heavy atom. The van der Waals surface area contributed by atoms with E-state index >= 15 is 0 Å². The number of hydrogen-bond acceptors (Lipinski definition) is 0. The Morgan fingerprint density at radius 1 is 0.205 bits per heavy atom. The van der Waals surface area contributed by atoms with Crippen LogP contribution >= 0.6 is 0 Å². The van der Waals surface area contributed by atoms with Crippen molar-refractivity contribution in [3.63, 3.8) is 0 Å². The third-order valence-corrected chi connectivity index (χ3v) is 17.2. The Morgan fingerprint density at radius 3 is 1.23 bits per heavy atom. The zero-order valence-electron chi connectivity index (χ0n) is 48.2. The van der Waals surface area contributed by atoms with Gasteiger partial charge in [0.15, 0.2) is 0 Å². The fourth-order valence-corrected chi connectivity index (χ4v) is 13.4. The minimum absolute atomic E-state index is 0. The van der Waals surface area contributed by atoms with Gasteiger partial charge in [-0.2, -0.15) is 83.9 Å². The Kier molecular flexibility index (Phi) is 15.9. The monoisotopic (exact) mass is 1260 g/mol. The van der Waals surface area contributed by atoms with Gasteiger partial charge in [-0.3, -0.25) is 0 Å². The molecule has 0 spiro atoms. The number of rotatable bonds is 7. The van der Waals surface area contributed by atoms with Gasteiger partial charge in [0.2, 0.25) is 0 Å². The third kappa shape index (κ3) is 10.3. The van der Waals surface area contributed by atoms with E-state index in [-0.39, 0.29) is 65.4 Å². The van der Waals surface area contributed by atoms with Crippen LogP contribution in [0.25, 0.3) is 164 Å². The molecule has 0 nitrogen and oxygen atoms in total. The summed E-state index contributed by atoms with van der Waals surface area (Å²) in [7, 11) is 0. The van der Waals surface area contributed by atoms with Crippen LogP contribution in [0.4, 0.5) is 0 Å². The maximum Gasteiger partial charge on any atom is 0 e. The van der Waals surface area contributed by atoms with Gasteiger partial charge in [-0.05, 0) is 116 Å². The average molecular weight is 1260 g/mol. The first kappa shape index (κ1) is 56.8. The first-order valence-electron chi connectivity index (χ1n) is 29.5. The fraction of sp³-hybridized carbons (Fsp3) is 0. The first-order chi connectivity index (χ1) is 42.7. The summed E-state index contributed by atoms with van der Waals surface area (Å²) in [5.41, 5.74) is 16.5. The number of fused-ring (bicyclic) bond motifs is 8. The summed E-state index contributed by atoms with van der Waals surface area (Å²) in [6.45, 7) is 0. The first-order valence-corrected chi connectivity index (χ1v) is 29.5. The molecule has 0 amide bonds. The molecule has 0 aromatic heterocycles. The average Bonchev–Trinajstić information content (AvgIpc) is 0.900. The van der Waals surface area contributed by atoms with E-state index in [0.717, 1.165) is 33.2 Å². The molecule has 0 fully saturated rings. The molecule has 88 heavy (non-hydrogen) atoms. The van der Waals surface area contributed by atoms with Crippen molar-refractivity contribution in [1.82, 2.24) is 0 Å². The molecule has 0 aliphatic rings.